The Kier molecular flexibility index (Phi) is 6.15. The fraction of sp³-hybridized carbons (Fsp3) is 0.385. The van der Waals surface area contributed by atoms with Crippen molar-refractivity contribution in [2.24, 2.45) is 5.73 Å². The van der Waals surface area contributed by atoms with Crippen molar-refractivity contribution in [3.05, 3.63) is 24.3 Å². The number of primary amides is 1. The minimum absolute atomic E-state index is 0.239. The average Bonchev–Trinajstić information content (AvgIpc) is 2.82. The maximum atomic E-state index is 10.8. The third-order valence-electron chi connectivity index (χ3n) is 2.24. The van der Waals surface area contributed by atoms with Gasteiger partial charge in [0.2, 0.25) is 5.91 Å². The number of benzene rings is 1. The van der Waals surface area contributed by atoms with Crippen molar-refractivity contribution in [1.29, 1.82) is 0 Å². The predicted octanol–water partition coefficient (Wildman–Crippen LogP) is 0.674. The van der Waals surface area contributed by atoms with E-state index in [9.17, 15) is 9.59 Å². The van der Waals surface area contributed by atoms with E-state index in [1.807, 2.05) is 24.3 Å². The number of rotatable bonds is 4. The SMILES string of the molecule is CC(N)=O.COc1ccccc1OCC1CNC(=O)O1. The van der Waals surface area contributed by atoms with Gasteiger partial charge in [-0.2, -0.15) is 0 Å². The van der Waals surface area contributed by atoms with Gasteiger partial charge in [-0.15, -0.1) is 0 Å². The topological polar surface area (TPSA) is 99.9 Å². The maximum Gasteiger partial charge on any atom is 0.407 e. The third kappa shape index (κ3) is 5.47. The zero-order valence-corrected chi connectivity index (χ0v) is 11.4. The normalized spacial score (nSPS) is 16.3. The molecule has 2 amide bonds. The number of nitrogens with one attached hydrogen (secondary N) is 1. The van der Waals surface area contributed by atoms with Crippen molar-refractivity contribution in [2.75, 3.05) is 20.3 Å². The number of cyclic esters (lactones) is 1. The summed E-state index contributed by atoms with van der Waals surface area (Å²) >= 11 is 0. The van der Waals surface area contributed by atoms with Gasteiger partial charge in [0, 0.05) is 6.92 Å². The Hall–Kier alpha value is -2.44. The minimum Gasteiger partial charge on any atom is -0.493 e. The molecule has 0 bridgehead atoms. The predicted molar refractivity (Wildman–Crippen MR) is 71.6 cm³/mol. The Bertz CT molecular complexity index is 460. The van der Waals surface area contributed by atoms with Crippen molar-refractivity contribution in [1.82, 2.24) is 5.32 Å². The van der Waals surface area contributed by atoms with Crippen LogP contribution in [0.5, 0.6) is 11.5 Å². The fourth-order valence-corrected chi connectivity index (χ4v) is 1.45. The quantitative estimate of drug-likeness (QED) is 0.845. The summed E-state index contributed by atoms with van der Waals surface area (Å²) in [6.07, 6.45) is -0.633. The standard InChI is InChI=1S/C11H13NO4.C2H5NO/c1-14-9-4-2-3-5-10(9)15-7-8-6-12-11(13)16-8;1-2(3)4/h2-5,8H,6-7H2,1H3,(H,12,13);1H3,(H2,3,4). The van der Waals surface area contributed by atoms with Crippen LogP contribution in [0.1, 0.15) is 6.92 Å². The second-order valence-electron chi connectivity index (χ2n) is 3.98. The molecule has 1 aliphatic heterocycles. The van der Waals surface area contributed by atoms with Crippen molar-refractivity contribution in [2.45, 2.75) is 13.0 Å². The van der Waals surface area contributed by atoms with E-state index in [0.717, 1.165) is 0 Å². The van der Waals surface area contributed by atoms with Gasteiger partial charge in [0.25, 0.3) is 0 Å². The lowest BCUT2D eigenvalue weighted by Crippen LogP contribution is -2.22. The second-order valence-corrected chi connectivity index (χ2v) is 3.98. The van der Waals surface area contributed by atoms with Crippen LogP contribution in [0, 0.1) is 0 Å². The first-order chi connectivity index (χ1) is 9.52. The smallest absolute Gasteiger partial charge is 0.407 e. The van der Waals surface area contributed by atoms with Gasteiger partial charge >= 0.3 is 6.09 Å². The van der Waals surface area contributed by atoms with E-state index in [2.05, 4.69) is 11.1 Å². The molecular formula is C13H18N2O5. The molecule has 7 heteroatoms. The first-order valence-corrected chi connectivity index (χ1v) is 5.99. The van der Waals surface area contributed by atoms with Gasteiger partial charge in [-0.25, -0.2) is 4.79 Å². The highest BCUT2D eigenvalue weighted by Gasteiger charge is 2.23. The van der Waals surface area contributed by atoms with E-state index in [1.54, 1.807) is 7.11 Å². The van der Waals surface area contributed by atoms with E-state index in [1.165, 1.54) is 6.92 Å². The number of methoxy groups -OCH3 is 1. The summed E-state index contributed by atoms with van der Waals surface area (Å²) in [5.41, 5.74) is 4.47. The lowest BCUT2D eigenvalue weighted by Gasteiger charge is -2.12. The molecule has 7 nitrogen and oxygen atoms in total. The van der Waals surface area contributed by atoms with Crippen LogP contribution < -0.4 is 20.5 Å². The van der Waals surface area contributed by atoms with Crippen LogP contribution in [0.25, 0.3) is 0 Å². The Morgan fingerprint density at radius 2 is 2.05 bits per heavy atom. The molecule has 0 saturated carbocycles. The fourth-order valence-electron chi connectivity index (χ4n) is 1.45. The number of carbonyl (C=O) groups excluding carboxylic acids is 2. The molecule has 1 unspecified atom stereocenters. The average molecular weight is 282 g/mol. The van der Waals surface area contributed by atoms with Gasteiger partial charge in [0.05, 0.1) is 13.7 Å². The number of nitrogens with two attached hydrogens (primary N) is 1. The summed E-state index contributed by atoms with van der Waals surface area (Å²) in [5.74, 6) is 0.979. The van der Waals surface area contributed by atoms with Gasteiger partial charge in [-0.05, 0) is 12.1 Å². The lowest BCUT2D eigenvalue weighted by atomic mass is 10.3. The first-order valence-electron chi connectivity index (χ1n) is 5.99. The molecule has 20 heavy (non-hydrogen) atoms. The van der Waals surface area contributed by atoms with Crippen LogP contribution >= 0.6 is 0 Å². The molecule has 110 valence electrons. The van der Waals surface area contributed by atoms with Crippen molar-refractivity contribution < 1.29 is 23.8 Å². The molecule has 0 spiro atoms. The summed E-state index contributed by atoms with van der Waals surface area (Å²) in [7, 11) is 1.58. The highest BCUT2D eigenvalue weighted by atomic mass is 16.6. The molecule has 1 saturated heterocycles. The molecule has 1 aromatic carbocycles. The molecule has 1 aromatic rings. The molecule has 2 rings (SSSR count). The number of hydrogen-bond donors (Lipinski definition) is 2. The number of carbonyl (C=O) groups is 2. The maximum absolute atomic E-state index is 10.8. The van der Waals surface area contributed by atoms with E-state index < -0.39 is 6.09 Å². The summed E-state index contributed by atoms with van der Waals surface area (Å²) in [6.45, 7) is 2.10. The number of ether oxygens (including phenoxy) is 3. The minimum atomic E-state index is -0.395. The Labute approximate surface area is 117 Å². The number of alkyl carbamates (subject to hydrolysis) is 1. The zero-order valence-electron chi connectivity index (χ0n) is 11.4. The highest BCUT2D eigenvalue weighted by molar-refractivity contribution is 5.70. The van der Waals surface area contributed by atoms with Crippen LogP contribution in [0.3, 0.4) is 0 Å². The van der Waals surface area contributed by atoms with E-state index in [0.29, 0.717) is 24.7 Å². The highest BCUT2D eigenvalue weighted by Crippen LogP contribution is 2.26. The van der Waals surface area contributed by atoms with Gasteiger partial charge in [-0.1, -0.05) is 12.1 Å². The number of hydrogen-bond acceptors (Lipinski definition) is 5. The lowest BCUT2D eigenvalue weighted by molar-refractivity contribution is -0.115. The van der Waals surface area contributed by atoms with Crippen molar-refractivity contribution in [3.8, 4) is 11.5 Å². The van der Waals surface area contributed by atoms with Crippen molar-refractivity contribution in [3.63, 3.8) is 0 Å². The van der Waals surface area contributed by atoms with Crippen LogP contribution in [-0.4, -0.2) is 38.4 Å². The van der Waals surface area contributed by atoms with Crippen LogP contribution in [0.4, 0.5) is 4.79 Å². The largest absolute Gasteiger partial charge is 0.493 e. The van der Waals surface area contributed by atoms with E-state index in [-0.39, 0.29) is 12.0 Å². The molecule has 1 heterocycles. The van der Waals surface area contributed by atoms with Gasteiger partial charge < -0.3 is 25.3 Å². The second kappa shape index (κ2) is 7.88. The van der Waals surface area contributed by atoms with E-state index in [4.69, 9.17) is 14.2 Å². The molecule has 1 fully saturated rings. The third-order valence-corrected chi connectivity index (χ3v) is 2.24. The summed E-state index contributed by atoms with van der Waals surface area (Å²) in [4.78, 5) is 20.0. The Balaban J connectivity index is 0.000000444. The monoisotopic (exact) mass is 282 g/mol. The number of para-hydroxylation sites is 2. The molecule has 3 N–H and O–H groups in total. The Morgan fingerprint density at radius 1 is 1.45 bits per heavy atom. The summed E-state index contributed by atoms with van der Waals surface area (Å²) < 4.78 is 15.6. The van der Waals surface area contributed by atoms with Gasteiger partial charge in [0.1, 0.15) is 6.61 Å². The summed E-state index contributed by atoms with van der Waals surface area (Å²) in [5, 5.41) is 2.56. The number of amides is 2. The molecule has 1 aliphatic rings. The van der Waals surface area contributed by atoms with Crippen LogP contribution in [-0.2, 0) is 9.53 Å². The molecular weight excluding hydrogens is 264 g/mol. The Morgan fingerprint density at radius 3 is 2.55 bits per heavy atom. The summed E-state index contributed by atoms with van der Waals surface area (Å²) in [6, 6.07) is 7.34. The van der Waals surface area contributed by atoms with E-state index >= 15 is 0 Å². The molecule has 0 aromatic heterocycles. The van der Waals surface area contributed by atoms with Gasteiger partial charge in [-0.3, -0.25) is 4.79 Å². The molecule has 0 radical (unpaired) electrons. The molecule has 1 atom stereocenters. The van der Waals surface area contributed by atoms with Crippen molar-refractivity contribution >= 4 is 12.0 Å². The molecule has 0 aliphatic carbocycles. The van der Waals surface area contributed by atoms with Gasteiger partial charge in [0.15, 0.2) is 17.6 Å². The first kappa shape index (κ1) is 15.6. The van der Waals surface area contributed by atoms with Crippen LogP contribution in [0.2, 0.25) is 0 Å². The zero-order chi connectivity index (χ0) is 15.0. The van der Waals surface area contributed by atoms with Crippen LogP contribution in [0.15, 0.2) is 24.3 Å².